The number of anilines is 1. The summed E-state index contributed by atoms with van der Waals surface area (Å²) in [4.78, 5) is 28.2. The van der Waals surface area contributed by atoms with Crippen LogP contribution in [0, 0.1) is 0 Å². The van der Waals surface area contributed by atoms with Crippen LogP contribution in [0.5, 0.6) is 0 Å². The minimum Gasteiger partial charge on any atom is -0.454 e. The predicted octanol–water partition coefficient (Wildman–Crippen LogP) is 2.42. The Kier molecular flexibility index (Phi) is 7.46. The maximum absolute atomic E-state index is 12.4. The van der Waals surface area contributed by atoms with Gasteiger partial charge in [-0.1, -0.05) is 23.2 Å². The fourth-order valence-electron chi connectivity index (χ4n) is 2.55. The average Bonchev–Trinajstić information content (AvgIpc) is 3.26. The smallest absolute Gasteiger partial charge is 0.324 e. The standard InChI is InChI=1S/C19H17Cl2N5O5S/c1-12(25-32(29,30)15-5-2-13(20)3-6-15)19(28)31-9-18(27)24-16-8-14(21)4-7-17(16)26-11-22-10-23-26/h2-8,10-12,25H,9H2,1H3,(H,24,27). The summed E-state index contributed by atoms with van der Waals surface area (Å²) < 4.78 is 33.2. The van der Waals surface area contributed by atoms with Crippen molar-refractivity contribution in [3.63, 3.8) is 0 Å². The van der Waals surface area contributed by atoms with Gasteiger partial charge in [-0.05, 0) is 49.4 Å². The third-order valence-electron chi connectivity index (χ3n) is 4.05. The number of aromatic nitrogens is 3. The number of carbonyl (C=O) groups excluding carboxylic acids is 2. The predicted molar refractivity (Wildman–Crippen MR) is 117 cm³/mol. The molecule has 32 heavy (non-hydrogen) atoms. The van der Waals surface area contributed by atoms with Crippen molar-refractivity contribution < 1.29 is 22.7 Å². The quantitative estimate of drug-likeness (QED) is 0.456. The van der Waals surface area contributed by atoms with Crippen LogP contribution < -0.4 is 10.0 Å². The Morgan fingerprint density at radius 3 is 2.47 bits per heavy atom. The Labute approximate surface area is 193 Å². The van der Waals surface area contributed by atoms with Gasteiger partial charge in [0.05, 0.1) is 16.3 Å². The molecule has 0 saturated carbocycles. The molecule has 3 aromatic rings. The molecule has 3 rings (SSSR count). The lowest BCUT2D eigenvalue weighted by molar-refractivity contribution is -0.148. The van der Waals surface area contributed by atoms with Crippen LogP contribution in [0.25, 0.3) is 5.69 Å². The van der Waals surface area contributed by atoms with Gasteiger partial charge in [-0.3, -0.25) is 9.59 Å². The molecule has 0 bridgehead atoms. The zero-order chi connectivity index (χ0) is 23.3. The topological polar surface area (TPSA) is 132 Å². The molecule has 0 aliphatic rings. The van der Waals surface area contributed by atoms with Gasteiger partial charge in [-0.15, -0.1) is 0 Å². The lowest BCUT2D eigenvalue weighted by atomic mass is 10.2. The summed E-state index contributed by atoms with van der Waals surface area (Å²) >= 11 is 11.7. The zero-order valence-electron chi connectivity index (χ0n) is 16.5. The number of ether oxygens (including phenoxy) is 1. The second-order valence-corrected chi connectivity index (χ2v) is 9.04. The maximum Gasteiger partial charge on any atom is 0.324 e. The molecule has 0 spiro atoms. The lowest BCUT2D eigenvalue weighted by Gasteiger charge is -2.14. The van der Waals surface area contributed by atoms with Crippen LogP contribution in [-0.2, 0) is 24.3 Å². The number of sulfonamides is 1. The Morgan fingerprint density at radius 1 is 1.12 bits per heavy atom. The van der Waals surface area contributed by atoms with Crippen LogP contribution in [0.2, 0.25) is 10.0 Å². The van der Waals surface area contributed by atoms with Crippen molar-refractivity contribution in [3.8, 4) is 5.69 Å². The van der Waals surface area contributed by atoms with Crippen LogP contribution in [0.1, 0.15) is 6.92 Å². The number of rotatable bonds is 8. The van der Waals surface area contributed by atoms with Gasteiger partial charge in [0.1, 0.15) is 18.7 Å². The summed E-state index contributed by atoms with van der Waals surface area (Å²) in [5, 5.41) is 7.31. The molecule has 1 unspecified atom stereocenters. The highest BCUT2D eigenvalue weighted by molar-refractivity contribution is 7.89. The van der Waals surface area contributed by atoms with E-state index in [-0.39, 0.29) is 4.90 Å². The molecular formula is C19H17Cl2N5O5S. The number of amides is 1. The number of hydrogen-bond acceptors (Lipinski definition) is 7. The number of nitrogens with zero attached hydrogens (tertiary/aromatic N) is 3. The summed E-state index contributed by atoms with van der Waals surface area (Å²) in [5.74, 6) is -1.59. The van der Waals surface area contributed by atoms with Crippen molar-refractivity contribution in [1.29, 1.82) is 0 Å². The van der Waals surface area contributed by atoms with Crippen LogP contribution in [0.4, 0.5) is 5.69 Å². The SMILES string of the molecule is CC(NS(=O)(=O)c1ccc(Cl)cc1)C(=O)OCC(=O)Nc1cc(Cl)ccc1-n1cncn1. The average molecular weight is 498 g/mol. The molecule has 0 fully saturated rings. The maximum atomic E-state index is 12.4. The highest BCUT2D eigenvalue weighted by Gasteiger charge is 2.24. The number of esters is 1. The molecular weight excluding hydrogens is 481 g/mol. The van der Waals surface area contributed by atoms with Crippen molar-refractivity contribution in [3.05, 3.63) is 65.2 Å². The molecule has 0 radical (unpaired) electrons. The Balaban J connectivity index is 1.59. The molecule has 2 N–H and O–H groups in total. The first kappa shape index (κ1) is 23.7. The minimum absolute atomic E-state index is 0.0686. The number of benzene rings is 2. The van der Waals surface area contributed by atoms with Crippen molar-refractivity contribution in [1.82, 2.24) is 19.5 Å². The largest absolute Gasteiger partial charge is 0.454 e. The monoisotopic (exact) mass is 497 g/mol. The van der Waals surface area contributed by atoms with E-state index < -0.39 is 34.5 Å². The molecule has 1 atom stereocenters. The first-order chi connectivity index (χ1) is 15.2. The normalized spacial score (nSPS) is 12.2. The number of hydrogen-bond donors (Lipinski definition) is 2. The highest BCUT2D eigenvalue weighted by Crippen LogP contribution is 2.24. The molecule has 1 aromatic heterocycles. The zero-order valence-corrected chi connectivity index (χ0v) is 18.9. The summed E-state index contributed by atoms with van der Waals surface area (Å²) in [5.41, 5.74) is 0.816. The summed E-state index contributed by atoms with van der Waals surface area (Å²) in [7, 11) is -3.98. The summed E-state index contributed by atoms with van der Waals surface area (Å²) in [6, 6.07) is 8.93. The van der Waals surface area contributed by atoms with E-state index in [0.717, 1.165) is 0 Å². The fraction of sp³-hybridized carbons (Fsp3) is 0.158. The second-order valence-electron chi connectivity index (χ2n) is 6.45. The summed E-state index contributed by atoms with van der Waals surface area (Å²) in [6.07, 6.45) is 2.77. The van der Waals surface area contributed by atoms with E-state index in [1.165, 1.54) is 54.6 Å². The first-order valence-electron chi connectivity index (χ1n) is 9.04. The van der Waals surface area contributed by atoms with Gasteiger partial charge in [0.2, 0.25) is 10.0 Å². The third-order valence-corrected chi connectivity index (χ3v) is 6.10. The molecule has 0 aliphatic carbocycles. The van der Waals surface area contributed by atoms with Crippen LogP contribution in [-0.4, -0.2) is 47.7 Å². The minimum atomic E-state index is -3.98. The van der Waals surface area contributed by atoms with E-state index in [4.69, 9.17) is 27.9 Å². The lowest BCUT2D eigenvalue weighted by Crippen LogP contribution is -2.40. The van der Waals surface area contributed by atoms with E-state index in [1.54, 1.807) is 12.1 Å². The van der Waals surface area contributed by atoms with Crippen LogP contribution in [0.3, 0.4) is 0 Å². The van der Waals surface area contributed by atoms with Crippen molar-refractivity contribution in [2.75, 3.05) is 11.9 Å². The molecule has 1 heterocycles. The van der Waals surface area contributed by atoms with Crippen molar-refractivity contribution >= 4 is 50.8 Å². The Bertz CT molecular complexity index is 1220. The third kappa shape index (κ3) is 6.04. The number of halogens is 2. The van der Waals surface area contributed by atoms with E-state index >= 15 is 0 Å². The molecule has 10 nitrogen and oxygen atoms in total. The molecule has 0 aliphatic heterocycles. The first-order valence-corrected chi connectivity index (χ1v) is 11.3. The molecule has 2 aromatic carbocycles. The Morgan fingerprint density at radius 2 is 1.81 bits per heavy atom. The number of nitrogens with one attached hydrogen (secondary N) is 2. The molecule has 1 amide bonds. The van der Waals surface area contributed by atoms with Gasteiger partial charge in [0, 0.05) is 10.0 Å². The van der Waals surface area contributed by atoms with Crippen LogP contribution in [0.15, 0.2) is 60.0 Å². The van der Waals surface area contributed by atoms with E-state index in [0.29, 0.717) is 21.4 Å². The van der Waals surface area contributed by atoms with E-state index in [9.17, 15) is 18.0 Å². The number of carbonyl (C=O) groups is 2. The van der Waals surface area contributed by atoms with Crippen LogP contribution >= 0.6 is 23.2 Å². The second kappa shape index (κ2) is 10.1. The van der Waals surface area contributed by atoms with Gasteiger partial charge < -0.3 is 10.1 Å². The van der Waals surface area contributed by atoms with Gasteiger partial charge in [-0.2, -0.15) is 9.82 Å². The van der Waals surface area contributed by atoms with E-state index in [1.807, 2.05) is 0 Å². The van der Waals surface area contributed by atoms with Gasteiger partial charge >= 0.3 is 5.97 Å². The Hall–Kier alpha value is -2.99. The molecule has 13 heteroatoms. The van der Waals surface area contributed by atoms with E-state index in [2.05, 4.69) is 20.1 Å². The van der Waals surface area contributed by atoms with Crippen molar-refractivity contribution in [2.45, 2.75) is 17.9 Å². The van der Waals surface area contributed by atoms with Gasteiger partial charge in [0.15, 0.2) is 6.61 Å². The fourth-order valence-corrected chi connectivity index (χ4v) is 4.04. The molecule has 168 valence electrons. The van der Waals surface area contributed by atoms with Gasteiger partial charge in [0.25, 0.3) is 5.91 Å². The van der Waals surface area contributed by atoms with Crippen molar-refractivity contribution in [2.24, 2.45) is 0 Å². The summed E-state index contributed by atoms with van der Waals surface area (Å²) in [6.45, 7) is 0.655. The highest BCUT2D eigenvalue weighted by atomic mass is 35.5. The molecule has 0 saturated heterocycles. The van der Waals surface area contributed by atoms with Gasteiger partial charge in [-0.25, -0.2) is 18.1 Å².